The van der Waals surface area contributed by atoms with Crippen molar-refractivity contribution in [2.45, 2.75) is 38.1 Å². The second-order valence-electron chi connectivity index (χ2n) is 2.97. The van der Waals surface area contributed by atoms with Crippen LogP contribution in [-0.2, 0) is 4.79 Å². The van der Waals surface area contributed by atoms with Crippen LogP contribution in [0.2, 0.25) is 0 Å². The topological polar surface area (TPSA) is 83.5 Å². The van der Waals surface area contributed by atoms with Gasteiger partial charge in [0.2, 0.25) is 0 Å². The molecule has 0 aromatic carbocycles. The van der Waals surface area contributed by atoms with Crippen LogP contribution in [0.3, 0.4) is 0 Å². The van der Waals surface area contributed by atoms with Crippen molar-refractivity contribution in [2.24, 2.45) is 5.73 Å². The molecule has 0 aliphatic rings. The van der Waals surface area contributed by atoms with Gasteiger partial charge in [-0.2, -0.15) is 0 Å². The third-order valence-corrected chi connectivity index (χ3v) is 1.81. The molecule has 1 atom stereocenters. The highest BCUT2D eigenvalue weighted by atomic mass is 16.4. The summed E-state index contributed by atoms with van der Waals surface area (Å²) in [4.78, 5) is 10.3. The zero-order valence-electron chi connectivity index (χ0n) is 7.65. The van der Waals surface area contributed by atoms with Crippen LogP contribution in [0.15, 0.2) is 12.3 Å². The number of aliphatic hydroxyl groups excluding tert-OH is 1. The zero-order valence-corrected chi connectivity index (χ0v) is 7.65. The summed E-state index contributed by atoms with van der Waals surface area (Å²) in [6.45, 7) is 0. The SMILES string of the molecule is N[C@H](CCCCC/C=C/O)C(=O)O. The van der Waals surface area contributed by atoms with Crippen molar-refractivity contribution in [3.63, 3.8) is 0 Å². The Morgan fingerprint density at radius 3 is 2.62 bits per heavy atom. The molecule has 0 rings (SSSR count). The molecular formula is C9H17NO3. The molecule has 0 aliphatic carbocycles. The maximum absolute atomic E-state index is 10.3. The van der Waals surface area contributed by atoms with E-state index in [4.69, 9.17) is 15.9 Å². The second kappa shape index (κ2) is 7.61. The number of rotatable bonds is 7. The highest BCUT2D eigenvalue weighted by Crippen LogP contribution is 2.05. The van der Waals surface area contributed by atoms with E-state index >= 15 is 0 Å². The van der Waals surface area contributed by atoms with E-state index in [9.17, 15) is 4.79 Å². The van der Waals surface area contributed by atoms with Crippen molar-refractivity contribution in [1.82, 2.24) is 0 Å². The Labute approximate surface area is 78.1 Å². The maximum atomic E-state index is 10.3. The van der Waals surface area contributed by atoms with E-state index in [1.807, 2.05) is 0 Å². The molecule has 0 saturated heterocycles. The van der Waals surface area contributed by atoms with Gasteiger partial charge >= 0.3 is 5.97 Å². The number of hydrogen-bond acceptors (Lipinski definition) is 3. The Morgan fingerprint density at radius 2 is 2.08 bits per heavy atom. The van der Waals surface area contributed by atoms with Gasteiger partial charge in [0.1, 0.15) is 6.04 Å². The summed E-state index contributed by atoms with van der Waals surface area (Å²) in [6.07, 6.45) is 6.80. The monoisotopic (exact) mass is 187 g/mol. The molecule has 4 heteroatoms. The first-order valence-electron chi connectivity index (χ1n) is 4.46. The Morgan fingerprint density at radius 1 is 1.38 bits per heavy atom. The number of carbonyl (C=O) groups is 1. The molecule has 0 spiro atoms. The van der Waals surface area contributed by atoms with Gasteiger partial charge in [0.25, 0.3) is 0 Å². The van der Waals surface area contributed by atoms with Gasteiger partial charge in [-0.1, -0.05) is 18.9 Å². The van der Waals surface area contributed by atoms with Crippen LogP contribution in [0, 0.1) is 0 Å². The first-order valence-corrected chi connectivity index (χ1v) is 4.46. The third kappa shape index (κ3) is 7.33. The lowest BCUT2D eigenvalue weighted by atomic mass is 10.1. The molecule has 13 heavy (non-hydrogen) atoms. The summed E-state index contributed by atoms with van der Waals surface area (Å²) >= 11 is 0. The summed E-state index contributed by atoms with van der Waals surface area (Å²) in [5.41, 5.74) is 5.30. The van der Waals surface area contributed by atoms with Crippen molar-refractivity contribution < 1.29 is 15.0 Å². The van der Waals surface area contributed by atoms with Crippen molar-refractivity contribution in [2.75, 3.05) is 0 Å². The molecule has 0 saturated carbocycles. The number of carboxylic acids is 1. The predicted molar refractivity (Wildman–Crippen MR) is 50.5 cm³/mol. The normalized spacial score (nSPS) is 13.3. The average Bonchev–Trinajstić information content (AvgIpc) is 2.10. The van der Waals surface area contributed by atoms with Gasteiger partial charge in [-0.05, 0) is 19.3 Å². The second-order valence-corrected chi connectivity index (χ2v) is 2.97. The number of hydrogen-bond donors (Lipinski definition) is 3. The van der Waals surface area contributed by atoms with Gasteiger partial charge in [0.05, 0.1) is 6.26 Å². The molecule has 0 aliphatic heterocycles. The predicted octanol–water partition coefficient (Wildman–Crippen LogP) is 1.42. The van der Waals surface area contributed by atoms with Crippen LogP contribution in [0.4, 0.5) is 0 Å². The molecule has 4 N–H and O–H groups in total. The minimum atomic E-state index is -0.935. The van der Waals surface area contributed by atoms with Crippen molar-refractivity contribution >= 4 is 5.97 Å². The highest BCUT2D eigenvalue weighted by Gasteiger charge is 2.09. The van der Waals surface area contributed by atoms with E-state index < -0.39 is 12.0 Å². The van der Waals surface area contributed by atoms with E-state index in [1.54, 1.807) is 6.08 Å². The Balaban J connectivity index is 3.20. The molecule has 4 nitrogen and oxygen atoms in total. The Kier molecular flexibility index (Phi) is 7.01. The number of allylic oxidation sites excluding steroid dienone is 1. The van der Waals surface area contributed by atoms with Gasteiger partial charge in [-0.25, -0.2) is 0 Å². The molecule has 0 heterocycles. The summed E-state index contributed by atoms with van der Waals surface area (Å²) in [5, 5.41) is 16.8. The Hall–Kier alpha value is -1.03. The van der Waals surface area contributed by atoms with E-state index in [0.29, 0.717) is 6.42 Å². The lowest BCUT2D eigenvalue weighted by molar-refractivity contribution is -0.138. The largest absolute Gasteiger partial charge is 0.516 e. The lowest BCUT2D eigenvalue weighted by Crippen LogP contribution is -2.29. The van der Waals surface area contributed by atoms with E-state index in [0.717, 1.165) is 31.9 Å². The molecule has 0 bridgehead atoms. The van der Waals surface area contributed by atoms with E-state index in [1.165, 1.54) is 0 Å². The Bertz CT molecular complexity index is 168. The average molecular weight is 187 g/mol. The van der Waals surface area contributed by atoms with E-state index in [-0.39, 0.29) is 0 Å². The molecule has 0 amide bonds. The smallest absolute Gasteiger partial charge is 0.320 e. The van der Waals surface area contributed by atoms with Gasteiger partial charge in [-0.15, -0.1) is 0 Å². The van der Waals surface area contributed by atoms with Crippen molar-refractivity contribution in [1.29, 1.82) is 0 Å². The minimum absolute atomic E-state index is 0.526. The van der Waals surface area contributed by atoms with Crippen LogP contribution >= 0.6 is 0 Å². The van der Waals surface area contributed by atoms with Crippen LogP contribution in [0.25, 0.3) is 0 Å². The van der Waals surface area contributed by atoms with Gasteiger partial charge in [0.15, 0.2) is 0 Å². The zero-order chi connectivity index (χ0) is 10.1. The number of aliphatic hydroxyl groups is 1. The first kappa shape index (κ1) is 12.0. The third-order valence-electron chi connectivity index (χ3n) is 1.81. The quantitative estimate of drug-likeness (QED) is 0.415. The summed E-state index contributed by atoms with van der Waals surface area (Å²) < 4.78 is 0. The maximum Gasteiger partial charge on any atom is 0.320 e. The highest BCUT2D eigenvalue weighted by molar-refractivity contribution is 5.72. The molecule has 0 fully saturated rings. The lowest BCUT2D eigenvalue weighted by Gasteiger charge is -2.04. The van der Waals surface area contributed by atoms with Crippen LogP contribution in [-0.4, -0.2) is 22.2 Å². The van der Waals surface area contributed by atoms with Crippen LogP contribution in [0.1, 0.15) is 32.1 Å². The van der Waals surface area contributed by atoms with Crippen molar-refractivity contribution in [3.8, 4) is 0 Å². The molecule has 76 valence electrons. The fourth-order valence-corrected chi connectivity index (χ4v) is 1.00. The van der Waals surface area contributed by atoms with Crippen molar-refractivity contribution in [3.05, 3.63) is 12.3 Å². The number of nitrogens with two attached hydrogens (primary N) is 1. The van der Waals surface area contributed by atoms with Gasteiger partial charge in [0, 0.05) is 0 Å². The summed E-state index contributed by atoms with van der Waals surface area (Å²) in [5.74, 6) is -0.935. The molecule has 0 aromatic rings. The van der Waals surface area contributed by atoms with Gasteiger partial charge < -0.3 is 15.9 Å². The van der Waals surface area contributed by atoms with Crippen LogP contribution in [0.5, 0.6) is 0 Å². The van der Waals surface area contributed by atoms with Crippen LogP contribution < -0.4 is 5.73 Å². The first-order chi connectivity index (χ1) is 6.18. The fraction of sp³-hybridized carbons (Fsp3) is 0.667. The number of aliphatic carboxylic acids is 1. The number of unbranched alkanes of at least 4 members (excludes halogenated alkanes) is 3. The van der Waals surface area contributed by atoms with Gasteiger partial charge in [-0.3, -0.25) is 4.79 Å². The summed E-state index contributed by atoms with van der Waals surface area (Å²) in [7, 11) is 0. The number of carboxylic acid groups (broad SMARTS) is 1. The summed E-state index contributed by atoms with van der Waals surface area (Å²) in [6, 6.07) is -0.728. The molecule has 0 aromatic heterocycles. The standard InChI is InChI=1S/C9H17NO3/c10-8(9(12)13)6-4-2-1-3-5-7-11/h5,7-8,11H,1-4,6,10H2,(H,12,13)/b7-5+/t8-/m1/s1. The molecular weight excluding hydrogens is 170 g/mol. The molecule has 0 radical (unpaired) electrons. The molecule has 0 unspecified atom stereocenters. The fourth-order valence-electron chi connectivity index (χ4n) is 1.00. The minimum Gasteiger partial charge on any atom is -0.516 e. The van der Waals surface area contributed by atoms with E-state index in [2.05, 4.69) is 0 Å².